The van der Waals surface area contributed by atoms with Crippen molar-refractivity contribution in [3.63, 3.8) is 0 Å². The van der Waals surface area contributed by atoms with Crippen LogP contribution >= 0.6 is 0 Å². The smallest absolute Gasteiger partial charge is 0.213 e. The van der Waals surface area contributed by atoms with Crippen molar-refractivity contribution >= 4 is 11.6 Å². The third-order valence-corrected chi connectivity index (χ3v) is 3.66. The molecule has 122 valence electrons. The Morgan fingerprint density at radius 3 is 3.00 bits per heavy atom. The number of anilines is 2. The van der Waals surface area contributed by atoms with Gasteiger partial charge < -0.3 is 20.1 Å². The van der Waals surface area contributed by atoms with Gasteiger partial charge in [-0.15, -0.1) is 0 Å². The van der Waals surface area contributed by atoms with Gasteiger partial charge in [-0.2, -0.15) is 0 Å². The number of nitrogens with one attached hydrogen (secondary N) is 2. The van der Waals surface area contributed by atoms with Gasteiger partial charge in [0.05, 0.1) is 19.8 Å². The van der Waals surface area contributed by atoms with Crippen LogP contribution in [0.1, 0.15) is 18.4 Å². The Kier molecular flexibility index (Phi) is 5.21. The van der Waals surface area contributed by atoms with E-state index in [2.05, 4.69) is 25.6 Å². The molecule has 1 saturated heterocycles. The first-order valence-electron chi connectivity index (χ1n) is 7.72. The summed E-state index contributed by atoms with van der Waals surface area (Å²) in [6.07, 6.45) is 5.47. The molecule has 2 N–H and O–H groups in total. The highest BCUT2D eigenvalue weighted by Gasteiger charge is 2.14. The highest BCUT2D eigenvalue weighted by molar-refractivity contribution is 5.47. The van der Waals surface area contributed by atoms with Crippen LogP contribution in [-0.4, -0.2) is 41.3 Å². The van der Waals surface area contributed by atoms with Crippen molar-refractivity contribution in [2.75, 3.05) is 31.0 Å². The SMILES string of the molecule is COc1cc(CNc2cc(N[C@H]3CCCOC3)ncn2)ccn1. The molecule has 1 aliphatic rings. The summed E-state index contributed by atoms with van der Waals surface area (Å²) in [5, 5.41) is 6.68. The number of rotatable bonds is 6. The molecular formula is C16H21N5O2. The van der Waals surface area contributed by atoms with Gasteiger partial charge in [-0.3, -0.25) is 0 Å². The second-order valence-corrected chi connectivity index (χ2v) is 5.41. The van der Waals surface area contributed by atoms with E-state index >= 15 is 0 Å². The molecule has 1 fully saturated rings. The zero-order valence-electron chi connectivity index (χ0n) is 13.2. The van der Waals surface area contributed by atoms with E-state index in [1.165, 1.54) is 0 Å². The Labute approximate surface area is 135 Å². The number of hydrogen-bond acceptors (Lipinski definition) is 7. The van der Waals surface area contributed by atoms with E-state index in [0.717, 1.165) is 43.3 Å². The number of hydrogen-bond donors (Lipinski definition) is 2. The van der Waals surface area contributed by atoms with E-state index in [1.807, 2.05) is 18.2 Å². The molecule has 23 heavy (non-hydrogen) atoms. The summed E-state index contributed by atoms with van der Waals surface area (Å²) in [5.74, 6) is 2.19. The molecule has 0 bridgehead atoms. The Hall–Kier alpha value is -2.41. The summed E-state index contributed by atoms with van der Waals surface area (Å²) < 4.78 is 10.6. The Balaban J connectivity index is 1.58. The minimum atomic E-state index is 0.316. The zero-order chi connectivity index (χ0) is 15.9. The van der Waals surface area contributed by atoms with Crippen LogP contribution in [0.5, 0.6) is 5.88 Å². The molecule has 2 aromatic rings. The lowest BCUT2D eigenvalue weighted by Gasteiger charge is -2.23. The van der Waals surface area contributed by atoms with Crippen LogP contribution in [-0.2, 0) is 11.3 Å². The van der Waals surface area contributed by atoms with Gasteiger partial charge in [0.15, 0.2) is 0 Å². The summed E-state index contributed by atoms with van der Waals surface area (Å²) in [6, 6.07) is 6.06. The topological polar surface area (TPSA) is 81.2 Å². The fourth-order valence-corrected chi connectivity index (χ4v) is 2.46. The highest BCUT2D eigenvalue weighted by atomic mass is 16.5. The molecule has 0 radical (unpaired) electrons. The molecule has 7 heteroatoms. The van der Waals surface area contributed by atoms with Crippen LogP contribution in [0.15, 0.2) is 30.7 Å². The van der Waals surface area contributed by atoms with Gasteiger partial charge in [-0.25, -0.2) is 15.0 Å². The maximum Gasteiger partial charge on any atom is 0.213 e. The Bertz CT molecular complexity index is 631. The largest absolute Gasteiger partial charge is 0.481 e. The van der Waals surface area contributed by atoms with Crippen molar-refractivity contribution in [1.29, 1.82) is 0 Å². The van der Waals surface area contributed by atoms with Crippen LogP contribution < -0.4 is 15.4 Å². The van der Waals surface area contributed by atoms with Gasteiger partial charge in [0, 0.05) is 31.5 Å². The fraction of sp³-hybridized carbons (Fsp3) is 0.438. The zero-order valence-corrected chi connectivity index (χ0v) is 13.2. The molecule has 2 aromatic heterocycles. The van der Waals surface area contributed by atoms with Gasteiger partial charge in [-0.1, -0.05) is 0 Å². The first kappa shape index (κ1) is 15.5. The monoisotopic (exact) mass is 315 g/mol. The molecule has 1 aliphatic heterocycles. The molecule has 0 aromatic carbocycles. The van der Waals surface area contributed by atoms with E-state index in [9.17, 15) is 0 Å². The highest BCUT2D eigenvalue weighted by Crippen LogP contribution is 2.15. The third kappa shape index (κ3) is 4.53. The van der Waals surface area contributed by atoms with Gasteiger partial charge in [0.25, 0.3) is 0 Å². The van der Waals surface area contributed by atoms with Crippen molar-refractivity contribution in [1.82, 2.24) is 15.0 Å². The van der Waals surface area contributed by atoms with Crippen molar-refractivity contribution < 1.29 is 9.47 Å². The first-order valence-corrected chi connectivity index (χ1v) is 7.72. The number of ether oxygens (including phenoxy) is 2. The summed E-state index contributed by atoms with van der Waals surface area (Å²) in [7, 11) is 1.61. The third-order valence-electron chi connectivity index (χ3n) is 3.66. The van der Waals surface area contributed by atoms with Crippen molar-refractivity contribution in [3.8, 4) is 5.88 Å². The first-order chi connectivity index (χ1) is 11.3. The van der Waals surface area contributed by atoms with Crippen LogP contribution in [0.25, 0.3) is 0 Å². The van der Waals surface area contributed by atoms with Crippen molar-refractivity contribution in [3.05, 3.63) is 36.3 Å². The summed E-state index contributed by atoms with van der Waals surface area (Å²) in [5.41, 5.74) is 1.07. The molecule has 0 amide bonds. The minimum Gasteiger partial charge on any atom is -0.481 e. The summed E-state index contributed by atoms with van der Waals surface area (Å²) >= 11 is 0. The molecule has 3 rings (SSSR count). The van der Waals surface area contributed by atoms with E-state index in [0.29, 0.717) is 18.5 Å². The Morgan fingerprint density at radius 1 is 1.26 bits per heavy atom. The molecule has 0 spiro atoms. The van der Waals surface area contributed by atoms with E-state index in [1.54, 1.807) is 19.6 Å². The molecule has 1 atom stereocenters. The Morgan fingerprint density at radius 2 is 2.17 bits per heavy atom. The van der Waals surface area contributed by atoms with Gasteiger partial charge >= 0.3 is 0 Å². The van der Waals surface area contributed by atoms with Crippen molar-refractivity contribution in [2.24, 2.45) is 0 Å². The minimum absolute atomic E-state index is 0.316. The molecule has 0 saturated carbocycles. The maximum absolute atomic E-state index is 5.47. The quantitative estimate of drug-likeness (QED) is 0.844. The predicted octanol–water partition coefficient (Wildman–Crippen LogP) is 2.08. The molecular weight excluding hydrogens is 294 g/mol. The normalized spacial score (nSPS) is 17.5. The van der Waals surface area contributed by atoms with Gasteiger partial charge in [0.2, 0.25) is 5.88 Å². The lowest BCUT2D eigenvalue weighted by atomic mass is 10.1. The molecule has 0 unspecified atom stereocenters. The molecule has 3 heterocycles. The number of nitrogens with zero attached hydrogens (tertiary/aromatic N) is 3. The van der Waals surface area contributed by atoms with E-state index in [4.69, 9.17) is 9.47 Å². The molecule has 0 aliphatic carbocycles. The van der Waals surface area contributed by atoms with Crippen molar-refractivity contribution in [2.45, 2.75) is 25.4 Å². The van der Waals surface area contributed by atoms with Crippen LogP contribution in [0.4, 0.5) is 11.6 Å². The van der Waals surface area contributed by atoms with Crippen LogP contribution in [0, 0.1) is 0 Å². The van der Waals surface area contributed by atoms with E-state index in [-0.39, 0.29) is 0 Å². The van der Waals surface area contributed by atoms with Crippen LogP contribution in [0.3, 0.4) is 0 Å². The number of methoxy groups -OCH3 is 1. The van der Waals surface area contributed by atoms with Crippen LogP contribution in [0.2, 0.25) is 0 Å². The standard InChI is InChI=1S/C16H21N5O2/c1-22-16-7-12(4-5-17-16)9-18-14-8-15(20-11-19-14)21-13-3-2-6-23-10-13/h4-5,7-8,11,13H,2-3,6,9-10H2,1H3,(H2,18,19,20,21)/t13-/m0/s1. The summed E-state index contributed by atoms with van der Waals surface area (Å²) in [4.78, 5) is 12.6. The second-order valence-electron chi connectivity index (χ2n) is 5.41. The second kappa shape index (κ2) is 7.73. The predicted molar refractivity (Wildman–Crippen MR) is 87.6 cm³/mol. The average Bonchev–Trinajstić information content (AvgIpc) is 2.61. The van der Waals surface area contributed by atoms with E-state index < -0.39 is 0 Å². The van der Waals surface area contributed by atoms with Gasteiger partial charge in [0.1, 0.15) is 18.0 Å². The number of pyridine rings is 1. The maximum atomic E-state index is 5.47. The average molecular weight is 315 g/mol. The fourth-order valence-electron chi connectivity index (χ4n) is 2.46. The van der Waals surface area contributed by atoms with Gasteiger partial charge in [-0.05, 0) is 24.5 Å². The summed E-state index contributed by atoms with van der Waals surface area (Å²) in [6.45, 7) is 2.22. The lowest BCUT2D eigenvalue weighted by molar-refractivity contribution is 0.0875. The lowest BCUT2D eigenvalue weighted by Crippen LogP contribution is -2.30. The molecule has 7 nitrogen and oxygen atoms in total. The number of aromatic nitrogens is 3.